The number of nitrogens with one attached hydrogen (secondary N) is 2. The number of aromatic amines is 1. The number of carbonyl (C=O) groups excluding carboxylic acids is 1. The van der Waals surface area contributed by atoms with Crippen LogP contribution in [0.1, 0.15) is 46.9 Å². The maximum atomic E-state index is 12.5. The van der Waals surface area contributed by atoms with E-state index in [1.54, 1.807) is 12.1 Å². The molecule has 6 nitrogen and oxygen atoms in total. The number of phenolic OH excluding ortho intramolecular Hbond substituents is 1. The van der Waals surface area contributed by atoms with E-state index < -0.39 is 0 Å². The predicted octanol–water partition coefficient (Wildman–Crippen LogP) is 3.91. The van der Waals surface area contributed by atoms with Crippen molar-refractivity contribution in [2.75, 3.05) is 6.61 Å². The van der Waals surface area contributed by atoms with Gasteiger partial charge in [0.1, 0.15) is 0 Å². The van der Waals surface area contributed by atoms with Gasteiger partial charge in [-0.05, 0) is 80.1 Å². The number of aromatic hydroxyl groups is 1. The number of hydrazone groups is 1. The number of H-pyrrole nitrogens is 1. The minimum Gasteiger partial charge on any atom is -0.504 e. The van der Waals surface area contributed by atoms with Crippen molar-refractivity contribution in [2.45, 2.75) is 32.6 Å². The maximum Gasteiger partial charge on any atom is 0.271 e. The lowest BCUT2D eigenvalue weighted by atomic mass is 9.95. The highest BCUT2D eigenvalue weighted by molar-refractivity contribution is 5.99. The SMILES string of the molecule is CCOc1cc(/C=N\NC(=O)c2ccc3[nH]c4c(c3c2)CCCC4)ccc1O. The average Bonchev–Trinajstić information content (AvgIpc) is 3.08. The van der Waals surface area contributed by atoms with Crippen molar-refractivity contribution in [3.63, 3.8) is 0 Å². The average molecular weight is 377 g/mol. The lowest BCUT2D eigenvalue weighted by molar-refractivity contribution is 0.0955. The smallest absolute Gasteiger partial charge is 0.271 e. The highest BCUT2D eigenvalue weighted by atomic mass is 16.5. The molecule has 0 spiro atoms. The largest absolute Gasteiger partial charge is 0.504 e. The molecule has 0 saturated heterocycles. The molecule has 144 valence electrons. The summed E-state index contributed by atoms with van der Waals surface area (Å²) in [5.74, 6) is 0.208. The standard InChI is InChI=1S/C22H23N3O3/c1-2-28-21-11-14(7-10-20(21)26)13-23-25-22(27)15-8-9-19-17(12-15)16-5-3-4-6-18(16)24-19/h7-13,24,26H,2-6H2,1H3,(H,25,27)/b23-13-. The molecule has 1 aliphatic rings. The Labute approximate surface area is 163 Å². The number of rotatable bonds is 5. The Kier molecular flexibility index (Phi) is 5.02. The third kappa shape index (κ3) is 3.58. The van der Waals surface area contributed by atoms with Crippen LogP contribution in [0.25, 0.3) is 10.9 Å². The van der Waals surface area contributed by atoms with E-state index in [0.717, 1.165) is 29.3 Å². The normalized spacial score (nSPS) is 13.6. The molecule has 1 aromatic heterocycles. The molecule has 0 fully saturated rings. The molecule has 0 bridgehead atoms. The number of aromatic nitrogens is 1. The minimum absolute atomic E-state index is 0.0752. The Hall–Kier alpha value is -3.28. The van der Waals surface area contributed by atoms with Gasteiger partial charge in [-0.2, -0.15) is 5.10 Å². The third-order valence-corrected chi connectivity index (χ3v) is 5.02. The second-order valence-electron chi connectivity index (χ2n) is 6.91. The first kappa shape index (κ1) is 18.1. The van der Waals surface area contributed by atoms with Crippen molar-refractivity contribution in [1.82, 2.24) is 10.4 Å². The molecule has 1 amide bonds. The first-order valence-corrected chi connectivity index (χ1v) is 9.58. The van der Waals surface area contributed by atoms with Gasteiger partial charge in [0.05, 0.1) is 12.8 Å². The maximum absolute atomic E-state index is 12.5. The van der Waals surface area contributed by atoms with E-state index >= 15 is 0 Å². The van der Waals surface area contributed by atoms with Crippen LogP contribution < -0.4 is 10.2 Å². The van der Waals surface area contributed by atoms with Crippen molar-refractivity contribution in [3.8, 4) is 11.5 Å². The molecular formula is C22H23N3O3. The summed E-state index contributed by atoms with van der Waals surface area (Å²) in [4.78, 5) is 16.0. The monoisotopic (exact) mass is 377 g/mol. The Morgan fingerprint density at radius 1 is 1.25 bits per heavy atom. The minimum atomic E-state index is -0.257. The van der Waals surface area contributed by atoms with Crippen LogP contribution in [0.3, 0.4) is 0 Å². The summed E-state index contributed by atoms with van der Waals surface area (Å²) in [6.45, 7) is 2.30. The second-order valence-corrected chi connectivity index (χ2v) is 6.91. The quantitative estimate of drug-likeness (QED) is 0.465. The number of ether oxygens (including phenoxy) is 1. The topological polar surface area (TPSA) is 86.7 Å². The van der Waals surface area contributed by atoms with Gasteiger partial charge in [0.25, 0.3) is 5.91 Å². The third-order valence-electron chi connectivity index (χ3n) is 5.02. The van der Waals surface area contributed by atoms with Gasteiger partial charge in [0.2, 0.25) is 0 Å². The van der Waals surface area contributed by atoms with E-state index in [-0.39, 0.29) is 11.7 Å². The molecule has 0 radical (unpaired) electrons. The van der Waals surface area contributed by atoms with Gasteiger partial charge >= 0.3 is 0 Å². The number of amides is 1. The molecular weight excluding hydrogens is 354 g/mol. The van der Waals surface area contributed by atoms with Crippen molar-refractivity contribution >= 4 is 23.0 Å². The zero-order valence-electron chi connectivity index (χ0n) is 15.8. The summed E-state index contributed by atoms with van der Waals surface area (Å²) >= 11 is 0. The van der Waals surface area contributed by atoms with Crippen LogP contribution in [0.15, 0.2) is 41.5 Å². The fourth-order valence-electron chi connectivity index (χ4n) is 3.66. The lowest BCUT2D eigenvalue weighted by Gasteiger charge is -2.10. The van der Waals surface area contributed by atoms with Crippen molar-refractivity contribution in [1.29, 1.82) is 0 Å². The first-order valence-electron chi connectivity index (χ1n) is 9.58. The van der Waals surface area contributed by atoms with Gasteiger partial charge in [-0.3, -0.25) is 4.79 Å². The predicted molar refractivity (Wildman–Crippen MR) is 109 cm³/mol. The van der Waals surface area contributed by atoms with Gasteiger partial charge in [-0.1, -0.05) is 0 Å². The van der Waals surface area contributed by atoms with Crippen LogP contribution in [-0.2, 0) is 12.8 Å². The van der Waals surface area contributed by atoms with E-state index in [4.69, 9.17) is 4.74 Å². The van der Waals surface area contributed by atoms with E-state index in [9.17, 15) is 9.90 Å². The Balaban J connectivity index is 1.49. The molecule has 3 N–H and O–H groups in total. The molecule has 4 rings (SSSR count). The number of hydrogen-bond donors (Lipinski definition) is 3. The van der Waals surface area contributed by atoms with Crippen LogP contribution in [0.2, 0.25) is 0 Å². The second kappa shape index (κ2) is 7.76. The molecule has 0 atom stereocenters. The van der Waals surface area contributed by atoms with Gasteiger partial charge < -0.3 is 14.8 Å². The van der Waals surface area contributed by atoms with Crippen LogP contribution in [0.4, 0.5) is 0 Å². The number of aryl methyl sites for hydroxylation is 2. The number of phenols is 1. The highest BCUT2D eigenvalue weighted by Crippen LogP contribution is 2.29. The Morgan fingerprint density at radius 2 is 2.11 bits per heavy atom. The van der Waals surface area contributed by atoms with E-state index in [1.807, 2.05) is 25.1 Å². The van der Waals surface area contributed by atoms with E-state index in [0.29, 0.717) is 17.9 Å². The fraction of sp³-hybridized carbons (Fsp3) is 0.273. The van der Waals surface area contributed by atoms with Crippen LogP contribution in [0, 0.1) is 0 Å². The number of carbonyl (C=O) groups is 1. The Morgan fingerprint density at radius 3 is 2.96 bits per heavy atom. The number of fused-ring (bicyclic) bond motifs is 3. The van der Waals surface area contributed by atoms with E-state index in [1.165, 1.54) is 36.4 Å². The molecule has 0 aliphatic heterocycles. The lowest BCUT2D eigenvalue weighted by Crippen LogP contribution is -2.17. The van der Waals surface area contributed by atoms with Crippen LogP contribution in [0.5, 0.6) is 11.5 Å². The van der Waals surface area contributed by atoms with Crippen LogP contribution in [-0.4, -0.2) is 28.8 Å². The highest BCUT2D eigenvalue weighted by Gasteiger charge is 2.16. The summed E-state index contributed by atoms with van der Waals surface area (Å²) in [7, 11) is 0. The molecule has 1 aliphatic carbocycles. The molecule has 1 heterocycles. The Bertz CT molecular complexity index is 1050. The van der Waals surface area contributed by atoms with Gasteiger partial charge in [-0.25, -0.2) is 5.43 Å². The molecule has 6 heteroatoms. The molecule has 0 saturated carbocycles. The number of nitrogens with zero attached hydrogens (tertiary/aromatic N) is 1. The zero-order valence-corrected chi connectivity index (χ0v) is 15.8. The number of benzene rings is 2. The van der Waals surface area contributed by atoms with Gasteiger partial charge in [0.15, 0.2) is 11.5 Å². The zero-order chi connectivity index (χ0) is 19.5. The molecule has 0 unspecified atom stereocenters. The summed E-state index contributed by atoms with van der Waals surface area (Å²) < 4.78 is 5.35. The molecule has 3 aromatic rings. The fourth-order valence-corrected chi connectivity index (χ4v) is 3.66. The molecule has 28 heavy (non-hydrogen) atoms. The summed E-state index contributed by atoms with van der Waals surface area (Å²) in [5.41, 5.74) is 7.59. The number of hydrogen-bond acceptors (Lipinski definition) is 4. The van der Waals surface area contributed by atoms with Crippen molar-refractivity contribution < 1.29 is 14.6 Å². The molecule has 2 aromatic carbocycles. The van der Waals surface area contributed by atoms with E-state index in [2.05, 4.69) is 15.5 Å². The van der Waals surface area contributed by atoms with Crippen molar-refractivity contribution in [2.24, 2.45) is 5.10 Å². The van der Waals surface area contributed by atoms with Crippen LogP contribution >= 0.6 is 0 Å². The van der Waals surface area contributed by atoms with Gasteiger partial charge in [-0.15, -0.1) is 0 Å². The summed E-state index contributed by atoms with van der Waals surface area (Å²) in [6, 6.07) is 10.6. The first-order chi connectivity index (χ1) is 13.7. The summed E-state index contributed by atoms with van der Waals surface area (Å²) in [5, 5.41) is 14.9. The van der Waals surface area contributed by atoms with Crippen molar-refractivity contribution in [3.05, 3.63) is 58.8 Å². The summed E-state index contributed by atoms with van der Waals surface area (Å²) in [6.07, 6.45) is 6.06. The van der Waals surface area contributed by atoms with Gasteiger partial charge in [0, 0.05) is 22.2 Å².